The smallest absolute Gasteiger partial charge is 0.126 e. The van der Waals surface area contributed by atoms with Crippen LogP contribution >= 0.6 is 11.3 Å². The Labute approximate surface area is 137 Å². The Balaban J connectivity index is 2.87. The van der Waals surface area contributed by atoms with Gasteiger partial charge in [0.2, 0.25) is 0 Å². The quantitative estimate of drug-likeness (QED) is 0.577. The normalized spacial score (nSPS) is 14.2. The number of ether oxygens (including phenoxy) is 1. The summed E-state index contributed by atoms with van der Waals surface area (Å²) in [6.07, 6.45) is 9.02. The zero-order valence-corrected chi connectivity index (χ0v) is 15.1. The number of methoxy groups -OCH3 is 1. The third kappa shape index (κ3) is 5.39. The van der Waals surface area contributed by atoms with Gasteiger partial charge in [-0.15, -0.1) is 11.3 Å². The number of allylic oxidation sites excluding steroid dienone is 6. The summed E-state index contributed by atoms with van der Waals surface area (Å²) in [4.78, 5) is 2.59. The number of halogens is 1. The molecule has 0 aliphatic heterocycles. The van der Waals surface area contributed by atoms with E-state index in [9.17, 15) is 4.39 Å². The summed E-state index contributed by atoms with van der Waals surface area (Å²) in [5.41, 5.74) is 4.09. The summed E-state index contributed by atoms with van der Waals surface area (Å²) in [5.74, 6) is -0.219. The Bertz CT molecular complexity index is 630. The highest BCUT2D eigenvalue weighted by atomic mass is 32.1. The number of hydrogen-bond donors (Lipinski definition) is 0. The van der Waals surface area contributed by atoms with Gasteiger partial charge in [-0.2, -0.15) is 0 Å². The molecule has 0 unspecified atom stereocenters. The molecule has 1 nitrogen and oxygen atoms in total. The van der Waals surface area contributed by atoms with Crippen molar-refractivity contribution in [2.24, 2.45) is 0 Å². The summed E-state index contributed by atoms with van der Waals surface area (Å²) in [6.45, 7) is 10.6. The van der Waals surface area contributed by atoms with Gasteiger partial charge >= 0.3 is 0 Å². The monoisotopic (exact) mass is 320 g/mol. The van der Waals surface area contributed by atoms with Crippen LogP contribution in [-0.2, 0) is 4.74 Å². The van der Waals surface area contributed by atoms with Crippen molar-refractivity contribution < 1.29 is 9.13 Å². The molecule has 0 aliphatic rings. The van der Waals surface area contributed by atoms with Gasteiger partial charge in [-0.1, -0.05) is 29.9 Å². The van der Waals surface area contributed by atoms with Crippen molar-refractivity contribution in [1.29, 1.82) is 0 Å². The van der Waals surface area contributed by atoms with Crippen LogP contribution in [0.25, 0.3) is 6.08 Å². The second-order valence-corrected chi connectivity index (χ2v) is 6.78. The molecular weight excluding hydrogens is 295 g/mol. The van der Waals surface area contributed by atoms with Gasteiger partial charge in [0.25, 0.3) is 0 Å². The Hall–Kier alpha value is -1.45. The maximum atomic E-state index is 14.1. The van der Waals surface area contributed by atoms with E-state index in [4.69, 9.17) is 4.74 Å². The van der Waals surface area contributed by atoms with Crippen molar-refractivity contribution in [3.8, 4) is 0 Å². The Morgan fingerprint density at radius 3 is 2.32 bits per heavy atom. The van der Waals surface area contributed by atoms with Gasteiger partial charge in [0.1, 0.15) is 5.83 Å². The lowest BCUT2D eigenvalue weighted by atomic mass is 10.1. The molecule has 0 fully saturated rings. The SMILES string of the molecule is COC/C=C(C)/C=C/C(F)=C(C)\C=C\c1c(C)sc(C)c1C. The van der Waals surface area contributed by atoms with Crippen molar-refractivity contribution in [3.63, 3.8) is 0 Å². The molecular formula is C19H25FOS. The lowest BCUT2D eigenvalue weighted by Gasteiger charge is -1.98. The Morgan fingerprint density at radius 2 is 1.77 bits per heavy atom. The second-order valence-electron chi connectivity index (χ2n) is 5.35. The second kappa shape index (κ2) is 8.86. The molecule has 0 saturated carbocycles. The number of hydrogen-bond acceptors (Lipinski definition) is 2. The minimum absolute atomic E-state index is 0.219. The van der Waals surface area contributed by atoms with E-state index in [0.717, 1.165) is 5.57 Å². The van der Waals surface area contributed by atoms with Crippen LogP contribution in [-0.4, -0.2) is 13.7 Å². The van der Waals surface area contributed by atoms with E-state index in [1.165, 1.54) is 27.0 Å². The average molecular weight is 320 g/mol. The first-order chi connectivity index (χ1) is 10.4. The topological polar surface area (TPSA) is 9.23 Å². The highest BCUT2D eigenvalue weighted by Crippen LogP contribution is 2.28. The predicted octanol–water partition coefficient (Wildman–Crippen LogP) is 6.08. The van der Waals surface area contributed by atoms with E-state index in [1.54, 1.807) is 31.4 Å². The van der Waals surface area contributed by atoms with E-state index in [-0.39, 0.29) is 5.83 Å². The first kappa shape index (κ1) is 18.6. The molecule has 3 heteroatoms. The standard InChI is InChI=1S/C19H25FOS/c1-13(11-12-21-6)7-10-19(20)14(2)8-9-18-15(3)16(4)22-17(18)5/h7-11H,12H2,1-6H3/b9-8+,10-7+,13-11+,19-14+. The molecule has 0 N–H and O–H groups in total. The molecule has 0 spiro atoms. The van der Waals surface area contributed by atoms with Crippen LogP contribution in [0.5, 0.6) is 0 Å². The van der Waals surface area contributed by atoms with Gasteiger partial charge in [0, 0.05) is 16.9 Å². The van der Waals surface area contributed by atoms with Crippen molar-refractivity contribution in [2.75, 3.05) is 13.7 Å². The minimum atomic E-state index is -0.219. The van der Waals surface area contributed by atoms with E-state index < -0.39 is 0 Å². The average Bonchev–Trinajstić information content (AvgIpc) is 2.73. The molecule has 0 aliphatic carbocycles. The van der Waals surface area contributed by atoms with Gasteiger partial charge in [-0.3, -0.25) is 0 Å². The third-order valence-corrected chi connectivity index (χ3v) is 4.70. The third-order valence-electron chi connectivity index (χ3n) is 3.56. The van der Waals surface area contributed by atoms with E-state index >= 15 is 0 Å². The summed E-state index contributed by atoms with van der Waals surface area (Å²) < 4.78 is 19.0. The first-order valence-corrected chi connectivity index (χ1v) is 8.13. The van der Waals surface area contributed by atoms with Gasteiger partial charge in [-0.05, 0) is 57.4 Å². The molecule has 0 amide bonds. The molecule has 0 radical (unpaired) electrons. The number of thiophene rings is 1. The molecule has 1 aromatic rings. The molecule has 120 valence electrons. The fraction of sp³-hybridized carbons (Fsp3) is 0.368. The lowest BCUT2D eigenvalue weighted by molar-refractivity contribution is 0.233. The van der Waals surface area contributed by atoms with Crippen LogP contribution < -0.4 is 0 Å². The maximum absolute atomic E-state index is 14.1. The van der Waals surface area contributed by atoms with Gasteiger partial charge < -0.3 is 4.74 Å². The molecule has 0 saturated heterocycles. The summed E-state index contributed by atoms with van der Waals surface area (Å²) in [6, 6.07) is 0. The highest BCUT2D eigenvalue weighted by Gasteiger charge is 2.06. The van der Waals surface area contributed by atoms with Crippen molar-refractivity contribution >= 4 is 17.4 Å². The molecule has 1 heterocycles. The van der Waals surface area contributed by atoms with Crippen LogP contribution in [0.1, 0.15) is 34.7 Å². The zero-order valence-electron chi connectivity index (χ0n) is 14.3. The highest BCUT2D eigenvalue weighted by molar-refractivity contribution is 7.12. The van der Waals surface area contributed by atoms with E-state index in [2.05, 4.69) is 20.8 Å². The van der Waals surface area contributed by atoms with Crippen LogP contribution in [0.4, 0.5) is 4.39 Å². The van der Waals surface area contributed by atoms with E-state index in [1.807, 2.05) is 25.2 Å². The van der Waals surface area contributed by atoms with E-state index in [0.29, 0.717) is 12.2 Å². The lowest BCUT2D eigenvalue weighted by Crippen LogP contribution is -1.83. The van der Waals surface area contributed by atoms with Crippen LogP contribution in [0.15, 0.2) is 41.3 Å². The summed E-state index contributed by atoms with van der Waals surface area (Å²) >= 11 is 1.78. The van der Waals surface area contributed by atoms with Crippen molar-refractivity contribution in [1.82, 2.24) is 0 Å². The Morgan fingerprint density at radius 1 is 1.09 bits per heavy atom. The minimum Gasteiger partial charge on any atom is -0.381 e. The molecule has 1 rings (SSSR count). The fourth-order valence-electron chi connectivity index (χ4n) is 1.96. The van der Waals surface area contributed by atoms with Crippen LogP contribution in [0.3, 0.4) is 0 Å². The molecule has 0 atom stereocenters. The van der Waals surface area contributed by atoms with Crippen molar-refractivity contribution in [3.05, 3.63) is 62.2 Å². The maximum Gasteiger partial charge on any atom is 0.126 e. The largest absolute Gasteiger partial charge is 0.381 e. The fourth-order valence-corrected chi connectivity index (χ4v) is 3.02. The van der Waals surface area contributed by atoms with Crippen LogP contribution in [0, 0.1) is 20.8 Å². The predicted molar refractivity (Wildman–Crippen MR) is 96.1 cm³/mol. The number of aryl methyl sites for hydroxylation is 2. The molecule has 0 bridgehead atoms. The summed E-state index contributed by atoms with van der Waals surface area (Å²) in [7, 11) is 1.64. The van der Waals surface area contributed by atoms with Crippen LogP contribution in [0.2, 0.25) is 0 Å². The molecule has 0 aromatic carbocycles. The Kier molecular flexibility index (Phi) is 7.49. The van der Waals surface area contributed by atoms with Gasteiger partial charge in [-0.25, -0.2) is 4.39 Å². The van der Waals surface area contributed by atoms with Gasteiger partial charge in [0.15, 0.2) is 0 Å². The first-order valence-electron chi connectivity index (χ1n) is 7.31. The zero-order chi connectivity index (χ0) is 16.7. The van der Waals surface area contributed by atoms with Gasteiger partial charge in [0.05, 0.1) is 6.61 Å². The summed E-state index contributed by atoms with van der Waals surface area (Å²) in [5, 5.41) is 0. The van der Waals surface area contributed by atoms with Crippen molar-refractivity contribution in [2.45, 2.75) is 34.6 Å². The molecule has 22 heavy (non-hydrogen) atoms. The molecule has 1 aromatic heterocycles. The number of rotatable bonds is 6.